The Morgan fingerprint density at radius 3 is 2.85 bits per heavy atom. The average molecular weight is 407 g/mol. The Morgan fingerprint density at radius 2 is 2.07 bits per heavy atom. The molecular formula is C20H26N2O3S2. The number of nitrogens with zero attached hydrogens (tertiary/aromatic N) is 1. The fourth-order valence-corrected chi connectivity index (χ4v) is 6.27. The summed E-state index contributed by atoms with van der Waals surface area (Å²) >= 11 is 2.92. The predicted octanol–water partition coefficient (Wildman–Crippen LogP) is 4.47. The van der Waals surface area contributed by atoms with E-state index >= 15 is 0 Å². The number of fused-ring (bicyclic) bond motifs is 3. The van der Waals surface area contributed by atoms with Crippen LogP contribution in [0.1, 0.15) is 62.8 Å². The van der Waals surface area contributed by atoms with Crippen LogP contribution in [0, 0.1) is 5.92 Å². The summed E-state index contributed by atoms with van der Waals surface area (Å²) in [5.74, 6) is 0.446. The van der Waals surface area contributed by atoms with Gasteiger partial charge in [0.2, 0.25) is 0 Å². The molecule has 2 aromatic heterocycles. The predicted molar refractivity (Wildman–Crippen MR) is 110 cm³/mol. The highest BCUT2D eigenvalue weighted by Crippen LogP contribution is 2.36. The zero-order chi connectivity index (χ0) is 19.0. The van der Waals surface area contributed by atoms with E-state index in [2.05, 4.69) is 16.9 Å². The third-order valence-corrected chi connectivity index (χ3v) is 7.71. The number of thiophene rings is 1. The number of carbonyl (C=O) groups excluding carboxylic acids is 1. The van der Waals surface area contributed by atoms with Gasteiger partial charge in [-0.15, -0.1) is 11.3 Å². The Hall–Kier alpha value is -1.34. The number of aromatic amines is 1. The fraction of sp³-hybridized carbons (Fsp3) is 0.650. The molecule has 2 atom stereocenters. The van der Waals surface area contributed by atoms with Gasteiger partial charge in [-0.05, 0) is 63.4 Å². The summed E-state index contributed by atoms with van der Waals surface area (Å²) in [6.45, 7) is 4.08. The number of thioether (sulfide) groups is 1. The van der Waals surface area contributed by atoms with Crippen molar-refractivity contribution in [3.05, 3.63) is 20.8 Å². The van der Waals surface area contributed by atoms with Crippen LogP contribution in [-0.4, -0.2) is 27.3 Å². The van der Waals surface area contributed by atoms with Crippen molar-refractivity contribution >= 4 is 39.3 Å². The molecule has 146 valence electrons. The van der Waals surface area contributed by atoms with Gasteiger partial charge in [0.1, 0.15) is 16.2 Å². The quantitative estimate of drug-likeness (QED) is 0.461. The maximum Gasteiger partial charge on any atom is 0.319 e. The van der Waals surface area contributed by atoms with Crippen molar-refractivity contribution in [3.8, 4) is 0 Å². The largest absolute Gasteiger partial charge is 0.462 e. The molecule has 1 saturated carbocycles. The van der Waals surface area contributed by atoms with Crippen LogP contribution in [-0.2, 0) is 22.4 Å². The lowest BCUT2D eigenvalue weighted by Gasteiger charge is -2.23. The van der Waals surface area contributed by atoms with Crippen molar-refractivity contribution in [2.75, 3.05) is 0 Å². The van der Waals surface area contributed by atoms with Gasteiger partial charge >= 0.3 is 5.97 Å². The minimum Gasteiger partial charge on any atom is -0.462 e. The molecule has 0 unspecified atom stereocenters. The fourth-order valence-electron chi connectivity index (χ4n) is 4.04. The maximum atomic E-state index is 12.7. The number of esters is 1. The summed E-state index contributed by atoms with van der Waals surface area (Å²) in [4.78, 5) is 34.7. The second-order valence-corrected chi connectivity index (χ2v) is 10.3. The van der Waals surface area contributed by atoms with Gasteiger partial charge in [0.15, 0.2) is 5.16 Å². The topological polar surface area (TPSA) is 72.0 Å². The van der Waals surface area contributed by atoms with E-state index in [1.807, 2.05) is 6.92 Å². The third kappa shape index (κ3) is 4.09. The number of nitrogens with one attached hydrogen (secondary N) is 1. The summed E-state index contributed by atoms with van der Waals surface area (Å²) in [6, 6.07) is 0. The van der Waals surface area contributed by atoms with E-state index in [9.17, 15) is 9.59 Å². The zero-order valence-electron chi connectivity index (χ0n) is 15.9. The van der Waals surface area contributed by atoms with Crippen molar-refractivity contribution in [1.82, 2.24) is 9.97 Å². The van der Waals surface area contributed by atoms with Gasteiger partial charge in [0.25, 0.3) is 5.56 Å². The molecule has 0 spiro atoms. The molecule has 2 aliphatic rings. The van der Waals surface area contributed by atoms with Crippen LogP contribution >= 0.6 is 23.1 Å². The van der Waals surface area contributed by atoms with Crippen LogP contribution in [0.2, 0.25) is 0 Å². The van der Waals surface area contributed by atoms with Crippen LogP contribution in [0.25, 0.3) is 10.2 Å². The molecule has 7 heteroatoms. The summed E-state index contributed by atoms with van der Waals surface area (Å²) in [5.41, 5.74) is 1.10. The van der Waals surface area contributed by atoms with E-state index in [4.69, 9.17) is 4.74 Å². The Kier molecular flexibility index (Phi) is 5.60. The maximum absolute atomic E-state index is 12.7. The Labute approximate surface area is 167 Å². The molecule has 0 aliphatic heterocycles. The van der Waals surface area contributed by atoms with E-state index in [1.54, 1.807) is 11.3 Å². The van der Waals surface area contributed by atoms with Crippen molar-refractivity contribution in [2.45, 2.75) is 81.7 Å². The molecule has 0 amide bonds. The molecule has 5 nitrogen and oxygen atoms in total. The number of hydrogen-bond acceptors (Lipinski definition) is 6. The first-order valence-electron chi connectivity index (χ1n) is 9.93. The number of hydrogen-bond donors (Lipinski definition) is 1. The number of rotatable bonds is 4. The molecule has 27 heavy (non-hydrogen) atoms. The van der Waals surface area contributed by atoms with E-state index in [1.165, 1.54) is 28.6 Å². The van der Waals surface area contributed by atoms with Gasteiger partial charge in [-0.1, -0.05) is 25.1 Å². The van der Waals surface area contributed by atoms with Gasteiger partial charge in [-0.3, -0.25) is 9.59 Å². The van der Waals surface area contributed by atoms with Crippen molar-refractivity contribution in [2.24, 2.45) is 5.92 Å². The van der Waals surface area contributed by atoms with E-state index in [0.29, 0.717) is 11.1 Å². The molecule has 4 rings (SSSR count). The number of H-pyrrole nitrogens is 1. The minimum absolute atomic E-state index is 0.0507. The average Bonchev–Trinajstić information content (AvgIpc) is 3.00. The number of carbonyl (C=O) groups is 1. The second-order valence-electron chi connectivity index (χ2n) is 7.86. The minimum atomic E-state index is -0.387. The second kappa shape index (κ2) is 7.95. The van der Waals surface area contributed by atoms with Gasteiger partial charge in [-0.2, -0.15) is 0 Å². The van der Waals surface area contributed by atoms with Crippen LogP contribution < -0.4 is 5.56 Å². The highest BCUT2D eigenvalue weighted by atomic mass is 32.2. The molecule has 0 bridgehead atoms. The van der Waals surface area contributed by atoms with Gasteiger partial charge in [0, 0.05) is 4.88 Å². The Balaban J connectivity index is 1.50. The first-order chi connectivity index (χ1) is 13.0. The summed E-state index contributed by atoms with van der Waals surface area (Å²) in [6.07, 6.45) is 8.58. The number of aromatic nitrogens is 2. The van der Waals surface area contributed by atoms with E-state index in [-0.39, 0.29) is 22.9 Å². The van der Waals surface area contributed by atoms with Crippen molar-refractivity contribution < 1.29 is 9.53 Å². The first kappa shape index (κ1) is 19.0. The van der Waals surface area contributed by atoms with Gasteiger partial charge in [-0.25, -0.2) is 4.98 Å². The standard InChI is InChI=1S/C20H26N2O3S2/c1-11-8-9-14-15(10-11)27-18-16(14)17(23)21-20(22-18)26-12(2)19(24)25-13-6-4-3-5-7-13/h11-13H,3-10H2,1-2H3,(H,21,22,23)/t11-,12+/m0/s1. The number of ether oxygens (including phenoxy) is 1. The van der Waals surface area contributed by atoms with Crippen LogP contribution in [0.5, 0.6) is 0 Å². The van der Waals surface area contributed by atoms with E-state index < -0.39 is 0 Å². The lowest BCUT2D eigenvalue weighted by atomic mass is 9.89. The lowest BCUT2D eigenvalue weighted by Crippen LogP contribution is -2.26. The molecule has 1 fully saturated rings. The SMILES string of the molecule is C[C@H]1CCc2c(sc3nc(S[C@H](C)C(=O)OC4CCCCC4)[nH]c(=O)c23)C1. The molecule has 0 saturated heterocycles. The van der Waals surface area contributed by atoms with Crippen molar-refractivity contribution in [3.63, 3.8) is 0 Å². The third-order valence-electron chi connectivity index (χ3n) is 5.60. The molecule has 1 N–H and O–H groups in total. The lowest BCUT2D eigenvalue weighted by molar-refractivity contribution is -0.149. The molecule has 2 aliphatic carbocycles. The summed E-state index contributed by atoms with van der Waals surface area (Å²) in [5, 5.41) is 0.873. The van der Waals surface area contributed by atoms with E-state index in [0.717, 1.165) is 55.2 Å². The normalized spacial score (nSPS) is 21.8. The Bertz CT molecular complexity index is 898. The summed E-state index contributed by atoms with van der Waals surface area (Å²) in [7, 11) is 0. The Morgan fingerprint density at radius 1 is 1.30 bits per heavy atom. The highest BCUT2D eigenvalue weighted by Gasteiger charge is 2.25. The first-order valence-corrected chi connectivity index (χ1v) is 11.6. The van der Waals surface area contributed by atoms with Crippen LogP contribution in [0.3, 0.4) is 0 Å². The van der Waals surface area contributed by atoms with Crippen LogP contribution in [0.15, 0.2) is 9.95 Å². The monoisotopic (exact) mass is 406 g/mol. The molecule has 0 aromatic carbocycles. The molecular weight excluding hydrogens is 380 g/mol. The molecule has 2 aromatic rings. The summed E-state index contributed by atoms with van der Waals surface area (Å²) < 4.78 is 5.64. The van der Waals surface area contributed by atoms with Gasteiger partial charge in [0.05, 0.1) is 5.39 Å². The van der Waals surface area contributed by atoms with Gasteiger partial charge < -0.3 is 9.72 Å². The highest BCUT2D eigenvalue weighted by molar-refractivity contribution is 8.00. The van der Waals surface area contributed by atoms with Crippen molar-refractivity contribution in [1.29, 1.82) is 0 Å². The zero-order valence-corrected chi connectivity index (χ0v) is 17.5. The molecule has 2 heterocycles. The number of aryl methyl sites for hydroxylation is 1. The van der Waals surface area contributed by atoms with Crippen LogP contribution in [0.4, 0.5) is 0 Å². The smallest absolute Gasteiger partial charge is 0.319 e. The molecule has 0 radical (unpaired) electrons.